The predicted octanol–water partition coefficient (Wildman–Crippen LogP) is 3.93. The highest BCUT2D eigenvalue weighted by atomic mass is 127. The van der Waals surface area contributed by atoms with E-state index in [-0.39, 0.29) is 29.9 Å². The van der Waals surface area contributed by atoms with Crippen LogP contribution < -0.4 is 25.4 Å². The lowest BCUT2D eigenvalue weighted by Crippen LogP contribution is -2.36. The third-order valence-electron chi connectivity index (χ3n) is 4.06. The Morgan fingerprint density at radius 3 is 2.50 bits per heavy atom. The molecule has 0 bridgehead atoms. The van der Waals surface area contributed by atoms with Gasteiger partial charge in [-0.1, -0.05) is 24.3 Å². The Kier molecular flexibility index (Phi) is 11.7. The van der Waals surface area contributed by atoms with Crippen LogP contribution in [0.3, 0.4) is 0 Å². The summed E-state index contributed by atoms with van der Waals surface area (Å²) < 4.78 is 11.0. The summed E-state index contributed by atoms with van der Waals surface area (Å²) in [6, 6.07) is 13.6. The minimum Gasteiger partial charge on any atom is -0.495 e. The average molecular weight is 526 g/mol. The van der Waals surface area contributed by atoms with Gasteiger partial charge in [-0.25, -0.2) is 4.99 Å². The van der Waals surface area contributed by atoms with Crippen molar-refractivity contribution in [2.24, 2.45) is 4.99 Å². The normalized spacial score (nSPS) is 10.6. The van der Waals surface area contributed by atoms with Gasteiger partial charge in [-0.3, -0.25) is 4.79 Å². The first-order valence-corrected chi connectivity index (χ1v) is 9.74. The fraction of sp³-hybridized carbons (Fsp3) is 0.364. The Bertz CT molecular complexity index is 843. The molecule has 0 aliphatic rings. The molecular weight excluding hydrogens is 495 g/mol. The SMILES string of the molecule is CCNC(=NCc1ccc(OC)c(NC(C)=O)c1)NCc1ccccc1OCC.I. The number of benzene rings is 2. The summed E-state index contributed by atoms with van der Waals surface area (Å²) in [5, 5.41) is 9.37. The number of anilines is 1. The van der Waals surface area contributed by atoms with E-state index in [1.807, 2.05) is 56.3 Å². The zero-order valence-electron chi connectivity index (χ0n) is 18.0. The van der Waals surface area contributed by atoms with Crippen LogP contribution in [0.25, 0.3) is 0 Å². The topological polar surface area (TPSA) is 84.0 Å². The van der Waals surface area contributed by atoms with Crippen LogP contribution in [0.2, 0.25) is 0 Å². The second kappa shape index (κ2) is 13.7. The van der Waals surface area contributed by atoms with Gasteiger partial charge in [0.15, 0.2) is 5.96 Å². The van der Waals surface area contributed by atoms with Gasteiger partial charge in [0.1, 0.15) is 11.5 Å². The minimum absolute atomic E-state index is 0. The number of para-hydroxylation sites is 1. The van der Waals surface area contributed by atoms with Gasteiger partial charge in [-0.2, -0.15) is 0 Å². The van der Waals surface area contributed by atoms with Crippen molar-refractivity contribution in [2.75, 3.05) is 25.6 Å². The van der Waals surface area contributed by atoms with Crippen LogP contribution in [0.5, 0.6) is 11.5 Å². The van der Waals surface area contributed by atoms with Gasteiger partial charge in [0, 0.05) is 25.6 Å². The van der Waals surface area contributed by atoms with Crippen LogP contribution >= 0.6 is 24.0 Å². The van der Waals surface area contributed by atoms with E-state index in [0.29, 0.717) is 37.1 Å². The van der Waals surface area contributed by atoms with Crippen molar-refractivity contribution in [2.45, 2.75) is 33.9 Å². The number of hydrogen-bond acceptors (Lipinski definition) is 4. The summed E-state index contributed by atoms with van der Waals surface area (Å²) >= 11 is 0. The van der Waals surface area contributed by atoms with Crippen LogP contribution in [-0.2, 0) is 17.9 Å². The molecule has 2 rings (SSSR count). The molecule has 2 aromatic rings. The highest BCUT2D eigenvalue weighted by molar-refractivity contribution is 14.0. The van der Waals surface area contributed by atoms with E-state index in [4.69, 9.17) is 9.47 Å². The molecule has 164 valence electrons. The molecule has 0 saturated carbocycles. The number of hydrogen-bond donors (Lipinski definition) is 3. The summed E-state index contributed by atoms with van der Waals surface area (Å²) in [5.41, 5.74) is 2.66. The lowest BCUT2D eigenvalue weighted by atomic mass is 10.2. The second-order valence-electron chi connectivity index (χ2n) is 6.31. The highest BCUT2D eigenvalue weighted by Gasteiger charge is 2.07. The third-order valence-corrected chi connectivity index (χ3v) is 4.06. The fourth-order valence-corrected chi connectivity index (χ4v) is 2.78. The maximum Gasteiger partial charge on any atom is 0.221 e. The number of amides is 1. The van der Waals surface area contributed by atoms with Gasteiger partial charge in [0.25, 0.3) is 0 Å². The monoisotopic (exact) mass is 526 g/mol. The number of aliphatic imine (C=N–C) groups is 1. The van der Waals surface area contributed by atoms with Crippen molar-refractivity contribution in [3.63, 3.8) is 0 Å². The Morgan fingerprint density at radius 1 is 1.07 bits per heavy atom. The Morgan fingerprint density at radius 2 is 1.83 bits per heavy atom. The van der Waals surface area contributed by atoms with Crippen molar-refractivity contribution in [3.8, 4) is 11.5 Å². The molecule has 30 heavy (non-hydrogen) atoms. The third kappa shape index (κ3) is 8.10. The van der Waals surface area contributed by atoms with E-state index in [9.17, 15) is 4.79 Å². The van der Waals surface area contributed by atoms with Crippen LogP contribution in [0.15, 0.2) is 47.5 Å². The first-order chi connectivity index (χ1) is 14.1. The van der Waals surface area contributed by atoms with Gasteiger partial charge in [0.05, 0.1) is 25.9 Å². The van der Waals surface area contributed by atoms with E-state index in [1.54, 1.807) is 7.11 Å². The number of nitrogens with one attached hydrogen (secondary N) is 3. The van der Waals surface area contributed by atoms with Crippen molar-refractivity contribution in [1.29, 1.82) is 0 Å². The maximum absolute atomic E-state index is 11.4. The van der Waals surface area contributed by atoms with Crippen LogP contribution in [0, 0.1) is 0 Å². The lowest BCUT2D eigenvalue weighted by molar-refractivity contribution is -0.114. The zero-order valence-corrected chi connectivity index (χ0v) is 20.3. The lowest BCUT2D eigenvalue weighted by Gasteiger charge is -2.14. The Balaban J connectivity index is 0.00000450. The van der Waals surface area contributed by atoms with Gasteiger partial charge in [-0.05, 0) is 37.6 Å². The fourth-order valence-electron chi connectivity index (χ4n) is 2.78. The summed E-state index contributed by atoms with van der Waals surface area (Å²) in [5.74, 6) is 2.04. The predicted molar refractivity (Wildman–Crippen MR) is 132 cm³/mol. The number of halogens is 1. The standard InChI is InChI=1S/C22H30N4O3.HI/c1-5-23-22(25-15-18-9-7-8-10-20(18)29-6-2)24-14-17-11-12-21(28-4)19(13-17)26-16(3)27;/h7-13H,5-6,14-15H2,1-4H3,(H,26,27)(H2,23,24,25);1H. The number of methoxy groups -OCH3 is 1. The van der Waals surface area contributed by atoms with Crippen molar-refractivity contribution >= 4 is 41.5 Å². The van der Waals surface area contributed by atoms with Crippen LogP contribution in [-0.4, -0.2) is 32.1 Å². The molecule has 2 aromatic carbocycles. The summed E-state index contributed by atoms with van der Waals surface area (Å²) in [4.78, 5) is 16.1. The molecule has 1 amide bonds. The van der Waals surface area contributed by atoms with Gasteiger partial charge in [-0.15, -0.1) is 24.0 Å². The Labute approximate surface area is 195 Å². The average Bonchev–Trinajstić information content (AvgIpc) is 2.71. The molecule has 0 fully saturated rings. The number of guanidine groups is 1. The van der Waals surface area contributed by atoms with E-state index < -0.39 is 0 Å². The molecular formula is C22H31IN4O3. The van der Waals surface area contributed by atoms with E-state index >= 15 is 0 Å². The van der Waals surface area contributed by atoms with E-state index in [1.165, 1.54) is 6.92 Å². The van der Waals surface area contributed by atoms with Gasteiger partial charge >= 0.3 is 0 Å². The van der Waals surface area contributed by atoms with Crippen molar-refractivity contribution < 1.29 is 14.3 Å². The quantitative estimate of drug-likeness (QED) is 0.262. The molecule has 0 radical (unpaired) electrons. The Hall–Kier alpha value is -2.49. The summed E-state index contributed by atoms with van der Waals surface area (Å²) in [7, 11) is 1.58. The number of nitrogens with zero attached hydrogens (tertiary/aromatic N) is 1. The minimum atomic E-state index is -0.146. The molecule has 0 aliphatic heterocycles. The molecule has 0 heterocycles. The molecule has 0 spiro atoms. The number of carbonyl (C=O) groups is 1. The summed E-state index contributed by atoms with van der Waals surface area (Å²) in [6.45, 7) is 7.89. The largest absolute Gasteiger partial charge is 0.495 e. The summed E-state index contributed by atoms with van der Waals surface area (Å²) in [6.07, 6.45) is 0. The van der Waals surface area contributed by atoms with E-state index in [2.05, 4.69) is 20.9 Å². The van der Waals surface area contributed by atoms with Gasteiger partial charge < -0.3 is 25.4 Å². The molecule has 0 aliphatic carbocycles. The zero-order chi connectivity index (χ0) is 21.1. The van der Waals surface area contributed by atoms with Crippen molar-refractivity contribution in [3.05, 3.63) is 53.6 Å². The molecule has 3 N–H and O–H groups in total. The van der Waals surface area contributed by atoms with Crippen LogP contribution in [0.4, 0.5) is 5.69 Å². The van der Waals surface area contributed by atoms with E-state index in [0.717, 1.165) is 23.4 Å². The molecule has 0 aromatic heterocycles. The van der Waals surface area contributed by atoms with Gasteiger partial charge in [0.2, 0.25) is 5.91 Å². The highest BCUT2D eigenvalue weighted by Crippen LogP contribution is 2.25. The first-order valence-electron chi connectivity index (χ1n) is 9.74. The first kappa shape index (κ1) is 25.5. The number of carbonyl (C=O) groups excluding carboxylic acids is 1. The van der Waals surface area contributed by atoms with Crippen LogP contribution in [0.1, 0.15) is 31.9 Å². The smallest absolute Gasteiger partial charge is 0.221 e. The maximum atomic E-state index is 11.4. The molecule has 0 atom stereocenters. The van der Waals surface area contributed by atoms with Crippen molar-refractivity contribution in [1.82, 2.24) is 10.6 Å². The molecule has 7 nitrogen and oxygen atoms in total. The number of rotatable bonds is 9. The molecule has 8 heteroatoms. The number of ether oxygens (including phenoxy) is 2. The second-order valence-corrected chi connectivity index (χ2v) is 6.31. The molecule has 0 unspecified atom stereocenters. The molecule has 0 saturated heterocycles.